The van der Waals surface area contributed by atoms with E-state index in [-0.39, 0.29) is 6.04 Å². The largest absolute Gasteiger partial charge is 0.356 e. The number of thioether (sulfide) groups is 1. The Morgan fingerprint density at radius 2 is 1.72 bits per heavy atom. The summed E-state index contributed by atoms with van der Waals surface area (Å²) in [5.74, 6) is -2.41. The third kappa shape index (κ3) is 6.61. The molecule has 1 atom stereocenters. The first-order valence-electron chi connectivity index (χ1n) is 7.90. The molecule has 0 saturated heterocycles. The summed E-state index contributed by atoms with van der Waals surface area (Å²) in [6, 6.07) is 17.3. The summed E-state index contributed by atoms with van der Waals surface area (Å²) in [7, 11) is 4.21. The lowest BCUT2D eigenvalue weighted by atomic mass is 10.1. The second kappa shape index (κ2) is 9.70. The molecular weight excluding hydrogens is 360 g/mol. The van der Waals surface area contributed by atoms with Gasteiger partial charge in [-0.05, 0) is 36.5 Å². The standard InChI is InChI=1S/C18H21F2N3S2/c1-23(2)16(13-6-4-3-5-7-13)12-21-18(24)22-14-8-10-15(11-9-14)25-17(19)20/h3-11,16-17H,12H2,1-2H3,(H2,21,22,24)/p+1/t16-/m0/s1. The number of nitrogens with one attached hydrogen (secondary N) is 3. The molecule has 0 aliphatic carbocycles. The minimum atomic E-state index is -2.41. The van der Waals surface area contributed by atoms with Crippen LogP contribution in [0.1, 0.15) is 11.6 Å². The van der Waals surface area contributed by atoms with Crippen LogP contribution >= 0.6 is 24.0 Å². The van der Waals surface area contributed by atoms with Gasteiger partial charge >= 0.3 is 0 Å². The van der Waals surface area contributed by atoms with E-state index in [1.54, 1.807) is 24.3 Å². The topological polar surface area (TPSA) is 28.5 Å². The molecule has 0 amide bonds. The Kier molecular flexibility index (Phi) is 7.61. The number of likely N-dealkylation sites (N-methyl/N-ethyl adjacent to an activating group) is 1. The highest BCUT2D eigenvalue weighted by Crippen LogP contribution is 2.26. The fraction of sp³-hybridized carbons (Fsp3) is 0.278. The third-order valence-corrected chi connectivity index (χ3v) is 4.67. The van der Waals surface area contributed by atoms with E-state index in [0.717, 1.165) is 5.69 Å². The molecule has 0 aliphatic rings. The van der Waals surface area contributed by atoms with Gasteiger partial charge in [0.05, 0.1) is 20.6 Å². The summed E-state index contributed by atoms with van der Waals surface area (Å²) >= 11 is 5.87. The van der Waals surface area contributed by atoms with Crippen LogP contribution in [0.2, 0.25) is 0 Å². The smallest absolute Gasteiger partial charge is 0.288 e. The lowest BCUT2D eigenvalue weighted by Gasteiger charge is -2.23. The molecule has 0 unspecified atom stereocenters. The van der Waals surface area contributed by atoms with Crippen molar-refractivity contribution in [2.75, 3.05) is 26.0 Å². The number of rotatable bonds is 7. The zero-order valence-electron chi connectivity index (χ0n) is 14.1. The van der Waals surface area contributed by atoms with Gasteiger partial charge in [-0.3, -0.25) is 0 Å². The van der Waals surface area contributed by atoms with Crippen LogP contribution < -0.4 is 15.5 Å². The molecule has 2 rings (SSSR count). The first kappa shape index (κ1) is 19.6. The highest BCUT2D eigenvalue weighted by Gasteiger charge is 2.17. The van der Waals surface area contributed by atoms with Crippen LogP contribution in [-0.4, -0.2) is 31.5 Å². The summed E-state index contributed by atoms with van der Waals surface area (Å²) in [4.78, 5) is 1.83. The SMILES string of the molecule is C[NH+](C)[C@@H](CNC(=S)Nc1ccc(SC(F)F)cc1)c1ccccc1. The zero-order valence-corrected chi connectivity index (χ0v) is 15.8. The predicted octanol–water partition coefficient (Wildman–Crippen LogP) is 3.17. The van der Waals surface area contributed by atoms with Gasteiger partial charge in [0.1, 0.15) is 6.04 Å². The minimum Gasteiger partial charge on any atom is -0.356 e. The van der Waals surface area contributed by atoms with Gasteiger partial charge in [0, 0.05) is 16.1 Å². The van der Waals surface area contributed by atoms with Crippen LogP contribution in [0.3, 0.4) is 0 Å². The van der Waals surface area contributed by atoms with Crippen LogP contribution in [0, 0.1) is 0 Å². The Morgan fingerprint density at radius 1 is 1.08 bits per heavy atom. The van der Waals surface area contributed by atoms with Gasteiger partial charge in [0.15, 0.2) is 5.11 Å². The van der Waals surface area contributed by atoms with E-state index >= 15 is 0 Å². The van der Waals surface area contributed by atoms with E-state index in [1.165, 1.54) is 10.5 Å². The van der Waals surface area contributed by atoms with Crippen LogP contribution in [0.4, 0.5) is 14.5 Å². The molecule has 2 aromatic rings. The Balaban J connectivity index is 1.89. The average molecular weight is 383 g/mol. The van der Waals surface area contributed by atoms with Crippen molar-refractivity contribution < 1.29 is 13.7 Å². The number of alkyl halides is 2. The summed E-state index contributed by atoms with van der Waals surface area (Å²) in [5.41, 5.74) is 2.01. The van der Waals surface area contributed by atoms with E-state index in [4.69, 9.17) is 12.2 Å². The molecule has 3 nitrogen and oxygen atoms in total. The van der Waals surface area contributed by atoms with Crippen LogP contribution in [0.15, 0.2) is 59.5 Å². The summed E-state index contributed by atoms with van der Waals surface area (Å²) in [5, 5.41) is 6.83. The summed E-state index contributed by atoms with van der Waals surface area (Å²) in [6.07, 6.45) is 0. The lowest BCUT2D eigenvalue weighted by Crippen LogP contribution is -3.07. The van der Waals surface area contributed by atoms with E-state index < -0.39 is 5.76 Å². The number of benzene rings is 2. The van der Waals surface area contributed by atoms with E-state index in [0.29, 0.717) is 28.3 Å². The van der Waals surface area contributed by atoms with E-state index in [2.05, 4.69) is 36.9 Å². The first-order valence-corrected chi connectivity index (χ1v) is 9.19. The normalized spacial score (nSPS) is 12.2. The monoisotopic (exact) mass is 382 g/mol. The maximum Gasteiger partial charge on any atom is 0.288 e. The molecule has 25 heavy (non-hydrogen) atoms. The lowest BCUT2D eigenvalue weighted by molar-refractivity contribution is -0.890. The minimum absolute atomic E-state index is 0.269. The molecule has 134 valence electrons. The fourth-order valence-corrected chi connectivity index (χ4v) is 3.13. The van der Waals surface area contributed by atoms with Gasteiger partial charge in [-0.25, -0.2) is 0 Å². The van der Waals surface area contributed by atoms with Crippen molar-refractivity contribution in [3.8, 4) is 0 Å². The Morgan fingerprint density at radius 3 is 2.28 bits per heavy atom. The van der Waals surface area contributed by atoms with Gasteiger partial charge in [-0.2, -0.15) is 8.78 Å². The molecule has 7 heteroatoms. The molecule has 0 saturated carbocycles. The highest BCUT2D eigenvalue weighted by molar-refractivity contribution is 7.99. The number of quaternary nitrogens is 1. The Hall–Kier alpha value is -1.70. The maximum absolute atomic E-state index is 12.3. The number of thiocarbonyl (C=S) groups is 1. The summed E-state index contributed by atoms with van der Waals surface area (Å²) in [6.45, 7) is 0.692. The molecule has 0 heterocycles. The molecule has 0 fully saturated rings. The third-order valence-electron chi connectivity index (χ3n) is 3.70. The van der Waals surface area contributed by atoms with Gasteiger partial charge < -0.3 is 15.5 Å². The molecule has 0 aromatic heterocycles. The van der Waals surface area contributed by atoms with E-state index in [9.17, 15) is 8.78 Å². The average Bonchev–Trinajstić information content (AvgIpc) is 2.57. The van der Waals surface area contributed by atoms with Gasteiger partial charge in [-0.15, -0.1) is 0 Å². The number of hydrogen-bond acceptors (Lipinski definition) is 2. The van der Waals surface area contributed by atoms with Crippen LogP contribution in [0.25, 0.3) is 0 Å². The second-order valence-corrected chi connectivity index (χ2v) is 7.25. The van der Waals surface area contributed by atoms with E-state index in [1.807, 2.05) is 18.2 Å². The fourth-order valence-electron chi connectivity index (χ4n) is 2.43. The van der Waals surface area contributed by atoms with Crippen molar-refractivity contribution in [2.24, 2.45) is 0 Å². The second-order valence-electron chi connectivity index (χ2n) is 5.78. The Labute approximate surface area is 156 Å². The van der Waals surface area contributed by atoms with Crippen molar-refractivity contribution in [1.82, 2.24) is 5.32 Å². The highest BCUT2D eigenvalue weighted by atomic mass is 32.2. The number of hydrogen-bond donors (Lipinski definition) is 3. The molecule has 0 spiro atoms. The molecule has 3 N–H and O–H groups in total. The van der Waals surface area contributed by atoms with Gasteiger partial charge in [-0.1, -0.05) is 42.1 Å². The summed E-state index contributed by atoms with van der Waals surface area (Å²) < 4.78 is 24.7. The molecular formula is C18H22F2N3S2+. The van der Waals surface area contributed by atoms with Gasteiger partial charge in [0.25, 0.3) is 5.76 Å². The quantitative estimate of drug-likeness (QED) is 0.507. The van der Waals surface area contributed by atoms with Crippen molar-refractivity contribution in [3.63, 3.8) is 0 Å². The van der Waals surface area contributed by atoms with Crippen LogP contribution in [0.5, 0.6) is 0 Å². The van der Waals surface area contributed by atoms with Crippen molar-refractivity contribution >= 4 is 34.8 Å². The first-order chi connectivity index (χ1) is 12.0. The van der Waals surface area contributed by atoms with Crippen LogP contribution in [-0.2, 0) is 0 Å². The maximum atomic E-state index is 12.3. The molecule has 2 aromatic carbocycles. The van der Waals surface area contributed by atoms with Crippen molar-refractivity contribution in [2.45, 2.75) is 16.7 Å². The Bertz CT molecular complexity index is 664. The molecule has 0 radical (unpaired) electrons. The van der Waals surface area contributed by atoms with Crippen molar-refractivity contribution in [1.29, 1.82) is 0 Å². The number of anilines is 1. The van der Waals surface area contributed by atoms with Crippen molar-refractivity contribution in [3.05, 3.63) is 60.2 Å². The zero-order chi connectivity index (χ0) is 18.2. The molecule has 0 bridgehead atoms. The number of halogens is 2. The molecule has 0 aliphatic heterocycles. The predicted molar refractivity (Wildman–Crippen MR) is 105 cm³/mol. The van der Waals surface area contributed by atoms with Gasteiger partial charge in [0.2, 0.25) is 0 Å².